The van der Waals surface area contributed by atoms with Crippen LogP contribution in [-0.4, -0.2) is 21.3 Å². The minimum absolute atomic E-state index is 0.207. The number of pyridine rings is 1. The molecule has 0 radical (unpaired) electrons. The number of carbonyl (C=O) groups is 1. The van der Waals surface area contributed by atoms with Gasteiger partial charge >= 0.3 is 6.09 Å². The second-order valence-corrected chi connectivity index (χ2v) is 5.10. The molecule has 106 valence electrons. The van der Waals surface area contributed by atoms with Gasteiger partial charge in [0.05, 0.1) is 5.39 Å². The molecule has 0 spiro atoms. The Bertz CT molecular complexity index is 773. The maximum atomic E-state index is 11.8. The molecule has 3 aromatic rings. The summed E-state index contributed by atoms with van der Waals surface area (Å²) < 4.78 is 5.83. The zero-order valence-electron chi connectivity index (χ0n) is 10.8. The van der Waals surface area contributed by atoms with Gasteiger partial charge in [-0.05, 0) is 33.6 Å². The minimum atomic E-state index is -0.560. The summed E-state index contributed by atoms with van der Waals surface area (Å²) >= 11 is 3.27. The SMILES string of the molecule is O=C(Nc1n[nH]c2nc(Br)ccc12)OCc1ccccc1. The van der Waals surface area contributed by atoms with Crippen LogP contribution in [-0.2, 0) is 11.3 Å². The van der Waals surface area contributed by atoms with E-state index >= 15 is 0 Å². The van der Waals surface area contributed by atoms with E-state index in [2.05, 4.69) is 36.4 Å². The highest BCUT2D eigenvalue weighted by atomic mass is 79.9. The Balaban J connectivity index is 1.66. The van der Waals surface area contributed by atoms with Crippen molar-refractivity contribution in [3.05, 3.63) is 52.6 Å². The smallest absolute Gasteiger partial charge is 0.413 e. The van der Waals surface area contributed by atoms with Gasteiger partial charge in [-0.3, -0.25) is 10.4 Å². The number of aromatic amines is 1. The van der Waals surface area contributed by atoms with Gasteiger partial charge in [0.25, 0.3) is 0 Å². The van der Waals surface area contributed by atoms with Gasteiger partial charge in [0.15, 0.2) is 11.5 Å². The van der Waals surface area contributed by atoms with Crippen molar-refractivity contribution in [2.45, 2.75) is 6.61 Å². The van der Waals surface area contributed by atoms with E-state index in [4.69, 9.17) is 4.74 Å². The molecule has 7 heteroatoms. The Hall–Kier alpha value is -2.41. The molecule has 6 nitrogen and oxygen atoms in total. The highest BCUT2D eigenvalue weighted by molar-refractivity contribution is 9.10. The number of H-pyrrole nitrogens is 1. The summed E-state index contributed by atoms with van der Waals surface area (Å²) in [5.74, 6) is 0.392. The second-order valence-electron chi connectivity index (χ2n) is 4.29. The predicted octanol–water partition coefficient (Wildman–Crippen LogP) is 3.47. The Morgan fingerprint density at radius 1 is 1.24 bits per heavy atom. The van der Waals surface area contributed by atoms with Crippen molar-refractivity contribution in [2.75, 3.05) is 5.32 Å². The fourth-order valence-corrected chi connectivity index (χ4v) is 2.14. The highest BCUT2D eigenvalue weighted by Crippen LogP contribution is 2.21. The van der Waals surface area contributed by atoms with E-state index in [1.165, 1.54) is 0 Å². The van der Waals surface area contributed by atoms with Crippen LogP contribution in [0.5, 0.6) is 0 Å². The van der Waals surface area contributed by atoms with Crippen LogP contribution in [0.4, 0.5) is 10.6 Å². The standard InChI is InChI=1S/C14H11BrN4O2/c15-11-7-6-10-12(16-11)18-19-13(10)17-14(20)21-8-9-4-2-1-3-5-9/h1-7H,8H2,(H2,16,17,18,19,20). The number of aromatic nitrogens is 3. The van der Waals surface area contributed by atoms with Crippen LogP contribution in [0.25, 0.3) is 11.0 Å². The summed E-state index contributed by atoms with van der Waals surface area (Å²) in [7, 11) is 0. The summed E-state index contributed by atoms with van der Waals surface area (Å²) in [6, 6.07) is 13.0. The van der Waals surface area contributed by atoms with Crippen molar-refractivity contribution < 1.29 is 9.53 Å². The molecule has 2 aromatic heterocycles. The van der Waals surface area contributed by atoms with E-state index in [1.807, 2.05) is 36.4 Å². The number of hydrogen-bond donors (Lipinski definition) is 2. The van der Waals surface area contributed by atoms with Gasteiger partial charge in [-0.15, -0.1) is 0 Å². The first-order valence-electron chi connectivity index (χ1n) is 6.21. The molecule has 0 saturated carbocycles. The van der Waals surface area contributed by atoms with Gasteiger partial charge in [0.1, 0.15) is 11.2 Å². The second kappa shape index (κ2) is 5.92. The molecule has 0 aliphatic carbocycles. The van der Waals surface area contributed by atoms with E-state index in [0.717, 1.165) is 10.9 Å². The Labute approximate surface area is 128 Å². The third kappa shape index (κ3) is 3.19. The number of nitrogens with one attached hydrogen (secondary N) is 2. The van der Waals surface area contributed by atoms with Gasteiger partial charge in [0.2, 0.25) is 0 Å². The van der Waals surface area contributed by atoms with Crippen LogP contribution in [0.3, 0.4) is 0 Å². The molecule has 0 saturated heterocycles. The van der Waals surface area contributed by atoms with Crippen LogP contribution in [0, 0.1) is 0 Å². The lowest BCUT2D eigenvalue weighted by molar-refractivity contribution is 0.155. The first kappa shape index (κ1) is 13.6. The van der Waals surface area contributed by atoms with Crippen molar-refractivity contribution in [1.82, 2.24) is 15.2 Å². The summed E-state index contributed by atoms with van der Waals surface area (Å²) in [5, 5.41) is 10.1. The molecule has 0 atom stereocenters. The van der Waals surface area contributed by atoms with Gasteiger partial charge in [0, 0.05) is 0 Å². The Morgan fingerprint density at radius 3 is 2.86 bits per heavy atom. The number of halogens is 1. The molecule has 0 unspecified atom stereocenters. The number of nitrogens with zero attached hydrogens (tertiary/aromatic N) is 2. The van der Waals surface area contributed by atoms with E-state index in [0.29, 0.717) is 16.1 Å². The number of fused-ring (bicyclic) bond motifs is 1. The van der Waals surface area contributed by atoms with Crippen LogP contribution < -0.4 is 5.32 Å². The maximum Gasteiger partial charge on any atom is 0.413 e. The zero-order valence-corrected chi connectivity index (χ0v) is 12.4. The molecular formula is C14H11BrN4O2. The first-order chi connectivity index (χ1) is 10.2. The molecule has 2 heterocycles. The van der Waals surface area contributed by atoms with Crippen LogP contribution in [0.15, 0.2) is 47.1 Å². The Kier molecular flexibility index (Phi) is 3.83. The normalized spacial score (nSPS) is 10.5. The molecule has 0 aliphatic heterocycles. The van der Waals surface area contributed by atoms with Crippen LogP contribution in [0.1, 0.15) is 5.56 Å². The monoisotopic (exact) mass is 346 g/mol. The van der Waals surface area contributed by atoms with E-state index in [-0.39, 0.29) is 6.61 Å². The van der Waals surface area contributed by atoms with Crippen LogP contribution in [0.2, 0.25) is 0 Å². The average Bonchev–Trinajstić information content (AvgIpc) is 2.88. The zero-order chi connectivity index (χ0) is 14.7. The minimum Gasteiger partial charge on any atom is -0.444 e. The lowest BCUT2D eigenvalue weighted by atomic mass is 10.2. The molecule has 1 amide bonds. The molecule has 3 rings (SSSR count). The average molecular weight is 347 g/mol. The number of anilines is 1. The van der Waals surface area contributed by atoms with Gasteiger partial charge in [-0.2, -0.15) is 5.10 Å². The highest BCUT2D eigenvalue weighted by Gasteiger charge is 2.11. The fraction of sp³-hybridized carbons (Fsp3) is 0.0714. The molecule has 21 heavy (non-hydrogen) atoms. The first-order valence-corrected chi connectivity index (χ1v) is 7.00. The lowest BCUT2D eigenvalue weighted by Gasteiger charge is -2.05. The largest absolute Gasteiger partial charge is 0.444 e. The summed E-state index contributed by atoms with van der Waals surface area (Å²) in [6.45, 7) is 0.207. The number of rotatable bonds is 3. The van der Waals surface area contributed by atoms with Crippen molar-refractivity contribution in [3.8, 4) is 0 Å². The number of carbonyl (C=O) groups excluding carboxylic acids is 1. The summed E-state index contributed by atoms with van der Waals surface area (Å²) in [5.41, 5.74) is 1.51. The van der Waals surface area contributed by atoms with Gasteiger partial charge < -0.3 is 4.74 Å². The third-order valence-corrected chi connectivity index (χ3v) is 3.26. The van der Waals surface area contributed by atoms with Gasteiger partial charge in [-0.1, -0.05) is 30.3 Å². The molecule has 0 aliphatic rings. The van der Waals surface area contributed by atoms with E-state index in [1.54, 1.807) is 6.07 Å². The van der Waals surface area contributed by atoms with Gasteiger partial charge in [-0.25, -0.2) is 9.78 Å². The summed E-state index contributed by atoms with van der Waals surface area (Å²) in [4.78, 5) is 16.0. The molecular weight excluding hydrogens is 336 g/mol. The van der Waals surface area contributed by atoms with Crippen molar-refractivity contribution in [1.29, 1.82) is 0 Å². The van der Waals surface area contributed by atoms with Crippen LogP contribution >= 0.6 is 15.9 Å². The molecule has 2 N–H and O–H groups in total. The van der Waals surface area contributed by atoms with Crippen molar-refractivity contribution in [2.24, 2.45) is 0 Å². The summed E-state index contributed by atoms with van der Waals surface area (Å²) in [6.07, 6.45) is -0.560. The molecule has 0 bridgehead atoms. The van der Waals surface area contributed by atoms with E-state index in [9.17, 15) is 4.79 Å². The number of ether oxygens (including phenoxy) is 1. The lowest BCUT2D eigenvalue weighted by Crippen LogP contribution is -2.14. The van der Waals surface area contributed by atoms with Crippen molar-refractivity contribution in [3.63, 3.8) is 0 Å². The van der Waals surface area contributed by atoms with E-state index < -0.39 is 6.09 Å². The molecule has 0 fully saturated rings. The number of hydrogen-bond acceptors (Lipinski definition) is 4. The maximum absolute atomic E-state index is 11.8. The fourth-order valence-electron chi connectivity index (χ4n) is 1.83. The number of benzene rings is 1. The van der Waals surface area contributed by atoms with Crippen molar-refractivity contribution >= 4 is 38.9 Å². The third-order valence-electron chi connectivity index (χ3n) is 2.82. The number of amides is 1. The quantitative estimate of drug-likeness (QED) is 0.711. The predicted molar refractivity (Wildman–Crippen MR) is 81.8 cm³/mol. The molecule has 1 aromatic carbocycles. The Morgan fingerprint density at radius 2 is 2.05 bits per heavy atom. The topological polar surface area (TPSA) is 79.9 Å².